The molecule has 0 spiro atoms. The largest absolute Gasteiger partial charge is 0.493 e. The molecule has 1 atom stereocenters. The highest BCUT2D eigenvalue weighted by Crippen LogP contribution is 2.36. The van der Waals surface area contributed by atoms with Crippen LogP contribution in [-0.2, 0) is 4.79 Å². The number of fused-ring (bicyclic) bond motifs is 1. The van der Waals surface area contributed by atoms with Gasteiger partial charge < -0.3 is 25.0 Å². The fraction of sp³-hybridized carbons (Fsp3) is 0.375. The van der Waals surface area contributed by atoms with Crippen molar-refractivity contribution < 1.29 is 18.7 Å². The predicted molar refractivity (Wildman–Crippen MR) is 130 cm³/mol. The Morgan fingerprint density at radius 2 is 2.12 bits per heavy atom. The number of hydrogen-bond acceptors (Lipinski definition) is 8. The second-order valence-corrected chi connectivity index (χ2v) is 8.94. The van der Waals surface area contributed by atoms with Gasteiger partial charge in [-0.15, -0.1) is 0 Å². The number of hydrogen-bond donors (Lipinski definition) is 2. The zero-order chi connectivity index (χ0) is 24.3. The molecule has 34 heavy (non-hydrogen) atoms. The summed E-state index contributed by atoms with van der Waals surface area (Å²) in [7, 11) is 5.27. The van der Waals surface area contributed by atoms with Gasteiger partial charge in [-0.3, -0.25) is 4.79 Å². The molecule has 180 valence electrons. The highest BCUT2D eigenvalue weighted by Gasteiger charge is 2.41. The van der Waals surface area contributed by atoms with Gasteiger partial charge in [0, 0.05) is 11.5 Å². The molecule has 3 aromatic rings. The van der Waals surface area contributed by atoms with Gasteiger partial charge in [0.1, 0.15) is 24.3 Å². The summed E-state index contributed by atoms with van der Waals surface area (Å²) < 4.78 is 26.2. The lowest BCUT2D eigenvalue weighted by molar-refractivity contribution is -0.126. The molecule has 10 heteroatoms. The van der Waals surface area contributed by atoms with Crippen LogP contribution in [0.1, 0.15) is 12.8 Å². The summed E-state index contributed by atoms with van der Waals surface area (Å²) in [5, 5.41) is 6.94. The summed E-state index contributed by atoms with van der Waals surface area (Å²) >= 11 is 5.92. The van der Waals surface area contributed by atoms with Crippen LogP contribution in [-0.4, -0.2) is 67.1 Å². The van der Waals surface area contributed by atoms with E-state index in [0.29, 0.717) is 41.2 Å². The number of ketones is 1. The number of aromatic nitrogens is 2. The van der Waals surface area contributed by atoms with Crippen LogP contribution in [0.4, 0.5) is 15.9 Å². The Hall–Kier alpha value is -3.01. The average Bonchev–Trinajstić information content (AvgIpc) is 3.30. The maximum absolute atomic E-state index is 14.5. The number of halogens is 2. The van der Waals surface area contributed by atoms with Crippen LogP contribution < -0.4 is 20.1 Å². The van der Waals surface area contributed by atoms with Crippen molar-refractivity contribution in [3.8, 4) is 11.5 Å². The van der Waals surface area contributed by atoms with Crippen LogP contribution in [0.5, 0.6) is 11.5 Å². The van der Waals surface area contributed by atoms with E-state index >= 15 is 0 Å². The van der Waals surface area contributed by atoms with Gasteiger partial charge in [0.25, 0.3) is 0 Å². The van der Waals surface area contributed by atoms with Gasteiger partial charge in [0.2, 0.25) is 0 Å². The number of anilines is 2. The van der Waals surface area contributed by atoms with Crippen molar-refractivity contribution in [1.29, 1.82) is 0 Å². The van der Waals surface area contributed by atoms with Crippen LogP contribution in [0, 0.1) is 5.82 Å². The van der Waals surface area contributed by atoms with E-state index in [0.717, 1.165) is 13.0 Å². The van der Waals surface area contributed by atoms with Crippen molar-refractivity contribution in [3.63, 3.8) is 0 Å². The van der Waals surface area contributed by atoms with E-state index in [-0.39, 0.29) is 23.1 Å². The lowest BCUT2D eigenvalue weighted by Crippen LogP contribution is -2.55. The van der Waals surface area contributed by atoms with Crippen LogP contribution >= 0.6 is 11.6 Å². The third-order valence-corrected chi connectivity index (χ3v) is 6.13. The van der Waals surface area contributed by atoms with Crippen molar-refractivity contribution in [2.24, 2.45) is 0 Å². The first-order valence-electron chi connectivity index (χ1n) is 10.9. The Morgan fingerprint density at radius 1 is 1.29 bits per heavy atom. The van der Waals surface area contributed by atoms with E-state index in [1.54, 1.807) is 24.3 Å². The first-order valence-corrected chi connectivity index (χ1v) is 11.3. The zero-order valence-electron chi connectivity index (χ0n) is 19.3. The molecule has 0 unspecified atom stereocenters. The number of rotatable bonds is 9. The number of nitrogens with one attached hydrogen (secondary N) is 2. The predicted octanol–water partition coefficient (Wildman–Crippen LogP) is 3.81. The minimum Gasteiger partial charge on any atom is -0.493 e. The van der Waals surface area contributed by atoms with E-state index in [1.165, 1.54) is 19.5 Å². The molecule has 0 aliphatic carbocycles. The fourth-order valence-electron chi connectivity index (χ4n) is 4.05. The molecule has 0 radical (unpaired) electrons. The minimum atomic E-state index is -0.761. The number of carbonyl (C=O) groups excluding carboxylic acids is 1. The molecule has 4 rings (SSSR count). The number of benzene rings is 2. The van der Waals surface area contributed by atoms with Crippen molar-refractivity contribution in [1.82, 2.24) is 20.2 Å². The molecule has 1 aliphatic heterocycles. The Labute approximate surface area is 202 Å². The van der Waals surface area contributed by atoms with Gasteiger partial charge in [-0.1, -0.05) is 17.7 Å². The molecular weight excluding hydrogens is 461 g/mol. The van der Waals surface area contributed by atoms with Crippen LogP contribution in [0.15, 0.2) is 36.7 Å². The SMILES string of the molecule is COc1cc2ncnc(Nc3cccc(Cl)c3F)c2cc1OC[C@]1(C(=O)CN(C)C)CCCN1. The maximum atomic E-state index is 14.5. The monoisotopic (exact) mass is 487 g/mol. The lowest BCUT2D eigenvalue weighted by atomic mass is 9.92. The standard InChI is InChI=1S/C24H27ClFN5O3/c1-31(2)12-21(32)24(8-5-9-29-24)13-34-20-10-15-18(11-19(20)33-3)27-14-28-23(15)30-17-7-4-6-16(25)22(17)26/h4,6-7,10-11,14,29H,5,8-9,12-13H2,1-3H3,(H,27,28,30)/t24-/m0/s1. The molecule has 1 saturated heterocycles. The van der Waals surface area contributed by atoms with Crippen molar-refractivity contribution >= 4 is 39.8 Å². The summed E-state index contributed by atoms with van der Waals surface area (Å²) in [5.41, 5.74) is 0.0123. The van der Waals surface area contributed by atoms with Gasteiger partial charge in [-0.2, -0.15) is 0 Å². The topological polar surface area (TPSA) is 88.6 Å². The van der Waals surface area contributed by atoms with Gasteiger partial charge in [-0.25, -0.2) is 14.4 Å². The quantitative estimate of drug-likeness (QED) is 0.471. The first-order chi connectivity index (χ1) is 16.3. The molecule has 2 aromatic carbocycles. The third-order valence-electron chi connectivity index (χ3n) is 5.84. The molecule has 0 amide bonds. The highest BCUT2D eigenvalue weighted by atomic mass is 35.5. The van der Waals surface area contributed by atoms with Gasteiger partial charge >= 0.3 is 0 Å². The molecular formula is C24H27ClFN5O3. The average molecular weight is 488 g/mol. The number of nitrogens with zero attached hydrogens (tertiary/aromatic N) is 3. The fourth-order valence-corrected chi connectivity index (χ4v) is 4.23. The smallest absolute Gasteiger partial charge is 0.170 e. The van der Waals surface area contributed by atoms with E-state index in [9.17, 15) is 9.18 Å². The highest BCUT2D eigenvalue weighted by molar-refractivity contribution is 6.31. The number of ether oxygens (including phenoxy) is 2. The molecule has 1 aliphatic rings. The minimum absolute atomic E-state index is 0.00538. The summed E-state index contributed by atoms with van der Waals surface area (Å²) in [6.45, 7) is 1.23. The van der Waals surface area contributed by atoms with E-state index < -0.39 is 11.4 Å². The van der Waals surface area contributed by atoms with Gasteiger partial charge in [0.05, 0.1) is 29.9 Å². The molecule has 2 heterocycles. The molecule has 1 fully saturated rings. The number of likely N-dealkylation sites (N-methyl/N-ethyl adjacent to an activating group) is 1. The lowest BCUT2D eigenvalue weighted by Gasteiger charge is -2.29. The summed E-state index contributed by atoms with van der Waals surface area (Å²) in [4.78, 5) is 23.4. The van der Waals surface area contributed by atoms with Crippen molar-refractivity contribution in [2.75, 3.05) is 46.2 Å². The third kappa shape index (κ3) is 4.91. The van der Waals surface area contributed by atoms with E-state index in [1.807, 2.05) is 19.0 Å². The van der Waals surface area contributed by atoms with Crippen LogP contribution in [0.2, 0.25) is 5.02 Å². The van der Waals surface area contributed by atoms with E-state index in [2.05, 4.69) is 20.6 Å². The van der Waals surface area contributed by atoms with Crippen molar-refractivity contribution in [3.05, 3.63) is 47.5 Å². The summed E-state index contributed by atoms with van der Waals surface area (Å²) in [6, 6.07) is 8.15. The molecule has 8 nitrogen and oxygen atoms in total. The normalized spacial score (nSPS) is 17.8. The number of methoxy groups -OCH3 is 1. The summed E-state index contributed by atoms with van der Waals surface area (Å²) in [6.07, 6.45) is 2.97. The second-order valence-electron chi connectivity index (χ2n) is 8.53. The van der Waals surface area contributed by atoms with Crippen LogP contribution in [0.25, 0.3) is 10.9 Å². The molecule has 0 bridgehead atoms. The number of Topliss-reactive ketones (excluding diaryl/α,β-unsaturated/α-hetero) is 1. The Bertz CT molecular complexity index is 1200. The van der Waals surface area contributed by atoms with Crippen molar-refractivity contribution in [2.45, 2.75) is 18.4 Å². The Balaban J connectivity index is 1.66. The molecule has 0 saturated carbocycles. The van der Waals surface area contributed by atoms with Crippen LogP contribution in [0.3, 0.4) is 0 Å². The summed E-state index contributed by atoms with van der Waals surface area (Å²) in [5.74, 6) is 0.798. The number of carbonyl (C=O) groups is 1. The van der Waals surface area contributed by atoms with Gasteiger partial charge in [-0.05, 0) is 51.7 Å². The first kappa shape index (κ1) is 24.1. The molecule has 1 aromatic heterocycles. The van der Waals surface area contributed by atoms with E-state index in [4.69, 9.17) is 21.1 Å². The Morgan fingerprint density at radius 3 is 2.82 bits per heavy atom. The molecule has 2 N–H and O–H groups in total. The maximum Gasteiger partial charge on any atom is 0.170 e. The zero-order valence-corrected chi connectivity index (χ0v) is 20.1. The Kier molecular flexibility index (Phi) is 7.16. The van der Waals surface area contributed by atoms with Gasteiger partial charge in [0.15, 0.2) is 23.1 Å². The second kappa shape index (κ2) is 10.1.